The molecule has 5 nitrogen and oxygen atoms in total. The quantitative estimate of drug-likeness (QED) is 0.310. The minimum atomic E-state index is -6.41. The van der Waals surface area contributed by atoms with E-state index in [0.29, 0.717) is 11.3 Å². The minimum Gasteiger partial charge on any atom is -0.487 e. The zero-order valence-corrected chi connectivity index (χ0v) is 19.3. The van der Waals surface area contributed by atoms with Gasteiger partial charge in [-0.05, 0) is 54.8 Å². The van der Waals surface area contributed by atoms with Crippen LogP contribution in [0.25, 0.3) is 0 Å². The summed E-state index contributed by atoms with van der Waals surface area (Å²) in [6.07, 6.45) is -3.65. The Balaban J connectivity index is 1.72. The van der Waals surface area contributed by atoms with Crippen molar-refractivity contribution in [1.82, 2.24) is 4.90 Å². The largest absolute Gasteiger partial charge is 0.487 e. The number of halogens is 7. The van der Waals surface area contributed by atoms with E-state index in [9.17, 15) is 35.5 Å². The number of rotatable bonds is 9. The molecule has 0 spiro atoms. The summed E-state index contributed by atoms with van der Waals surface area (Å²) < 4.78 is 99.2. The molecular formula is C24H25F7N2O3. The molecule has 1 unspecified atom stereocenters. The highest BCUT2D eigenvalue weighted by Gasteiger charge is 2.73. The summed E-state index contributed by atoms with van der Waals surface area (Å²) in [6, 6.07) is 12.1. The molecule has 1 aliphatic heterocycles. The predicted octanol–water partition coefficient (Wildman–Crippen LogP) is 6.28. The van der Waals surface area contributed by atoms with E-state index in [1.807, 2.05) is 0 Å². The molecule has 1 saturated heterocycles. The number of carbonyl (C=O) groups is 1. The Labute approximate surface area is 203 Å². The van der Waals surface area contributed by atoms with Crippen molar-refractivity contribution < 1.29 is 45.0 Å². The molecule has 2 aromatic carbocycles. The maximum Gasteiger partial charge on any atom is 0.460 e. The van der Waals surface area contributed by atoms with E-state index in [1.54, 1.807) is 24.3 Å². The first-order valence-corrected chi connectivity index (χ1v) is 11.1. The van der Waals surface area contributed by atoms with Crippen molar-refractivity contribution in [1.29, 1.82) is 0 Å². The number of nitrogens with one attached hydrogen (secondary N) is 1. The summed E-state index contributed by atoms with van der Waals surface area (Å²) in [5.74, 6) is -12.4. The van der Waals surface area contributed by atoms with E-state index < -0.39 is 30.6 Å². The van der Waals surface area contributed by atoms with Crippen LogP contribution in [0.4, 0.5) is 36.4 Å². The summed E-state index contributed by atoms with van der Waals surface area (Å²) in [5, 5.41) is 3.31. The van der Waals surface area contributed by atoms with E-state index in [0.717, 1.165) is 37.9 Å². The molecule has 0 aliphatic carbocycles. The molecule has 36 heavy (non-hydrogen) atoms. The van der Waals surface area contributed by atoms with Gasteiger partial charge >= 0.3 is 24.0 Å². The van der Waals surface area contributed by atoms with E-state index in [2.05, 4.69) is 15.0 Å². The fraction of sp³-hybridized carbons (Fsp3) is 0.458. The monoisotopic (exact) mass is 522 g/mol. The third-order valence-electron chi connectivity index (χ3n) is 5.80. The van der Waals surface area contributed by atoms with Crippen molar-refractivity contribution >= 4 is 11.7 Å². The fourth-order valence-electron chi connectivity index (χ4n) is 3.76. The second-order valence-corrected chi connectivity index (χ2v) is 8.35. The summed E-state index contributed by atoms with van der Waals surface area (Å²) in [6.45, 7) is -0.532. The molecule has 198 valence electrons. The maximum atomic E-state index is 13.5. The van der Waals surface area contributed by atoms with E-state index in [1.165, 1.54) is 31.4 Å². The lowest BCUT2D eigenvalue weighted by atomic mass is 10.0. The molecule has 3 rings (SSSR count). The first-order chi connectivity index (χ1) is 16.9. The first-order valence-electron chi connectivity index (χ1n) is 11.1. The van der Waals surface area contributed by atoms with Gasteiger partial charge in [-0.25, -0.2) is 4.79 Å². The SMILES string of the molecule is COC(=O)c1ccc(C(Nc2ccc(OCC(F)(F)C(F)(F)C(F)(F)F)cc2)N2CCCCC2)cc1. The van der Waals surface area contributed by atoms with Crippen molar-refractivity contribution in [3.63, 3.8) is 0 Å². The van der Waals surface area contributed by atoms with E-state index in [4.69, 9.17) is 4.74 Å². The van der Waals surface area contributed by atoms with Gasteiger partial charge in [0.05, 0.1) is 12.7 Å². The standard InChI is InChI=1S/C24H25F7N2O3/c1-35-21(34)17-7-5-16(6-8-17)20(33-13-3-2-4-14-33)32-18-9-11-19(12-10-18)36-15-22(25,26)23(27,28)24(29,30)31/h5-12,20,32H,2-4,13-15H2,1H3. The molecule has 0 aromatic heterocycles. The number of alkyl halides is 7. The van der Waals surface area contributed by atoms with Crippen LogP contribution in [0.3, 0.4) is 0 Å². The topological polar surface area (TPSA) is 50.8 Å². The lowest BCUT2D eigenvalue weighted by molar-refractivity contribution is -0.358. The number of piperidine rings is 1. The Hall–Kier alpha value is -3.02. The number of esters is 1. The van der Waals surface area contributed by atoms with Gasteiger partial charge in [0.25, 0.3) is 0 Å². The Kier molecular flexibility index (Phi) is 8.37. The normalized spacial score (nSPS) is 16.3. The molecule has 0 saturated carbocycles. The number of carbonyl (C=O) groups excluding carboxylic acids is 1. The van der Waals surface area contributed by atoms with Gasteiger partial charge in [0.1, 0.15) is 11.9 Å². The second-order valence-electron chi connectivity index (χ2n) is 8.35. The highest BCUT2D eigenvalue weighted by molar-refractivity contribution is 5.89. The van der Waals surface area contributed by atoms with Crippen LogP contribution in [0, 0.1) is 0 Å². The predicted molar refractivity (Wildman–Crippen MR) is 117 cm³/mol. The fourth-order valence-corrected chi connectivity index (χ4v) is 3.76. The summed E-state index contributed by atoms with van der Waals surface area (Å²) in [7, 11) is 1.28. The Bertz CT molecular complexity index is 1010. The van der Waals surface area contributed by atoms with Crippen LogP contribution < -0.4 is 10.1 Å². The van der Waals surface area contributed by atoms with Crippen LogP contribution in [0.15, 0.2) is 48.5 Å². The number of methoxy groups -OCH3 is 1. The number of hydrogen-bond acceptors (Lipinski definition) is 5. The number of hydrogen-bond donors (Lipinski definition) is 1. The zero-order chi connectivity index (χ0) is 26.6. The first kappa shape index (κ1) is 27.6. The van der Waals surface area contributed by atoms with Gasteiger partial charge in [0, 0.05) is 18.8 Å². The molecule has 1 N–H and O–H groups in total. The van der Waals surface area contributed by atoms with Gasteiger partial charge in [-0.3, -0.25) is 4.90 Å². The third-order valence-corrected chi connectivity index (χ3v) is 5.80. The summed E-state index contributed by atoms with van der Waals surface area (Å²) in [4.78, 5) is 13.9. The number of benzene rings is 2. The third kappa shape index (κ3) is 6.21. The minimum absolute atomic E-state index is 0.296. The van der Waals surface area contributed by atoms with Crippen molar-refractivity contribution in [2.45, 2.75) is 43.4 Å². The van der Waals surface area contributed by atoms with Crippen LogP contribution in [-0.2, 0) is 4.74 Å². The average Bonchev–Trinajstić information content (AvgIpc) is 2.86. The molecule has 0 bridgehead atoms. The van der Waals surface area contributed by atoms with Crippen LogP contribution >= 0.6 is 0 Å². The van der Waals surface area contributed by atoms with Crippen LogP contribution in [-0.4, -0.2) is 55.7 Å². The summed E-state index contributed by atoms with van der Waals surface area (Å²) in [5.41, 5.74) is 1.76. The maximum absolute atomic E-state index is 13.5. The second kappa shape index (κ2) is 10.9. The van der Waals surface area contributed by atoms with Crippen LogP contribution in [0.5, 0.6) is 5.75 Å². The van der Waals surface area contributed by atoms with E-state index in [-0.39, 0.29) is 11.9 Å². The average molecular weight is 522 g/mol. The van der Waals surface area contributed by atoms with Crippen molar-refractivity contribution in [2.24, 2.45) is 0 Å². The Morgan fingerprint density at radius 3 is 2.03 bits per heavy atom. The van der Waals surface area contributed by atoms with Gasteiger partial charge in [-0.15, -0.1) is 0 Å². The van der Waals surface area contributed by atoms with E-state index >= 15 is 0 Å². The van der Waals surface area contributed by atoms with Crippen molar-refractivity contribution in [3.05, 3.63) is 59.7 Å². The molecule has 1 heterocycles. The van der Waals surface area contributed by atoms with Crippen molar-refractivity contribution in [2.75, 3.05) is 32.1 Å². The molecule has 0 amide bonds. The molecule has 12 heteroatoms. The van der Waals surface area contributed by atoms with Gasteiger partial charge in [-0.2, -0.15) is 30.7 Å². The van der Waals surface area contributed by atoms with Crippen LogP contribution in [0.1, 0.15) is 41.3 Å². The van der Waals surface area contributed by atoms with Gasteiger partial charge in [-0.1, -0.05) is 18.6 Å². The van der Waals surface area contributed by atoms with Crippen molar-refractivity contribution in [3.8, 4) is 5.75 Å². The Morgan fingerprint density at radius 1 is 0.917 bits per heavy atom. The zero-order valence-electron chi connectivity index (χ0n) is 19.3. The van der Waals surface area contributed by atoms with Crippen LogP contribution in [0.2, 0.25) is 0 Å². The molecule has 2 aromatic rings. The highest BCUT2D eigenvalue weighted by Crippen LogP contribution is 2.46. The lowest BCUT2D eigenvalue weighted by Gasteiger charge is -2.36. The number of anilines is 1. The summed E-state index contributed by atoms with van der Waals surface area (Å²) >= 11 is 0. The van der Waals surface area contributed by atoms with Gasteiger partial charge in [0.2, 0.25) is 0 Å². The molecule has 1 aliphatic rings. The highest BCUT2D eigenvalue weighted by atomic mass is 19.4. The lowest BCUT2D eigenvalue weighted by Crippen LogP contribution is -2.54. The Morgan fingerprint density at radius 2 is 1.50 bits per heavy atom. The number of nitrogens with zero attached hydrogens (tertiary/aromatic N) is 1. The smallest absolute Gasteiger partial charge is 0.460 e. The molecular weight excluding hydrogens is 497 g/mol. The molecule has 1 fully saturated rings. The number of ether oxygens (including phenoxy) is 2. The van der Waals surface area contributed by atoms with Gasteiger partial charge in [0.15, 0.2) is 6.61 Å². The molecule has 0 radical (unpaired) electrons. The van der Waals surface area contributed by atoms with Gasteiger partial charge < -0.3 is 14.8 Å². The molecule has 1 atom stereocenters. The number of likely N-dealkylation sites (tertiary alicyclic amines) is 1.